The topological polar surface area (TPSA) is 80.5 Å². The van der Waals surface area contributed by atoms with Crippen LogP contribution in [0.3, 0.4) is 0 Å². The first-order valence-electron chi connectivity index (χ1n) is 6.73. The summed E-state index contributed by atoms with van der Waals surface area (Å²) in [5.41, 5.74) is 5.45. The molecular weight excluding hydrogens is 252 g/mol. The van der Waals surface area contributed by atoms with Crippen LogP contribution in [0.5, 0.6) is 0 Å². The van der Waals surface area contributed by atoms with E-state index < -0.39 is 15.1 Å². The summed E-state index contributed by atoms with van der Waals surface area (Å²) in [7, 11) is -3.23. The number of sulfone groups is 1. The van der Waals surface area contributed by atoms with E-state index in [1.165, 1.54) is 0 Å². The lowest BCUT2D eigenvalue weighted by molar-refractivity contribution is -0.131. The van der Waals surface area contributed by atoms with Crippen LogP contribution in [0.15, 0.2) is 0 Å². The summed E-state index contributed by atoms with van der Waals surface area (Å²) in [6.07, 6.45) is 3.54. The largest absolute Gasteiger partial charge is 0.342 e. The summed E-state index contributed by atoms with van der Waals surface area (Å²) < 4.78 is 23.9. The SMILES string of the molecule is CCCN(CCCN)C(=O)C1CCCCS1(=O)=O. The Morgan fingerprint density at radius 3 is 2.61 bits per heavy atom. The Morgan fingerprint density at radius 2 is 2.06 bits per heavy atom. The van der Waals surface area contributed by atoms with Crippen molar-refractivity contribution in [3.63, 3.8) is 0 Å². The van der Waals surface area contributed by atoms with E-state index in [0.29, 0.717) is 32.5 Å². The monoisotopic (exact) mass is 276 g/mol. The molecule has 0 aromatic heterocycles. The second-order valence-corrected chi connectivity index (χ2v) is 7.12. The van der Waals surface area contributed by atoms with E-state index in [1.807, 2.05) is 6.92 Å². The molecule has 1 amide bonds. The van der Waals surface area contributed by atoms with Gasteiger partial charge in [-0.2, -0.15) is 0 Å². The maximum Gasteiger partial charge on any atom is 0.240 e. The van der Waals surface area contributed by atoms with Gasteiger partial charge >= 0.3 is 0 Å². The number of nitrogens with two attached hydrogens (primary N) is 1. The lowest BCUT2D eigenvalue weighted by atomic mass is 10.1. The van der Waals surface area contributed by atoms with Gasteiger partial charge in [0, 0.05) is 13.1 Å². The zero-order valence-electron chi connectivity index (χ0n) is 11.1. The third kappa shape index (κ3) is 3.95. The van der Waals surface area contributed by atoms with Gasteiger partial charge in [0.25, 0.3) is 0 Å². The zero-order valence-corrected chi connectivity index (χ0v) is 11.9. The Bertz CT molecular complexity index is 368. The molecule has 0 spiro atoms. The molecule has 0 radical (unpaired) electrons. The van der Waals surface area contributed by atoms with Gasteiger partial charge in [0.15, 0.2) is 9.84 Å². The predicted molar refractivity (Wildman–Crippen MR) is 72.0 cm³/mol. The highest BCUT2D eigenvalue weighted by molar-refractivity contribution is 7.92. The molecule has 1 rings (SSSR count). The molecular formula is C12H24N2O3S. The van der Waals surface area contributed by atoms with Crippen LogP contribution in [0.4, 0.5) is 0 Å². The number of carbonyl (C=O) groups is 1. The Kier molecular flexibility index (Phi) is 6.08. The lowest BCUT2D eigenvalue weighted by Crippen LogP contribution is -2.46. The lowest BCUT2D eigenvalue weighted by Gasteiger charge is -2.29. The number of rotatable bonds is 6. The van der Waals surface area contributed by atoms with E-state index in [2.05, 4.69) is 0 Å². The summed E-state index contributed by atoms with van der Waals surface area (Å²) in [5.74, 6) is -0.0646. The summed E-state index contributed by atoms with van der Waals surface area (Å²) in [6, 6.07) is 0. The maximum atomic E-state index is 12.3. The highest BCUT2D eigenvalue weighted by Crippen LogP contribution is 2.21. The van der Waals surface area contributed by atoms with Crippen molar-refractivity contribution in [2.45, 2.75) is 44.3 Å². The van der Waals surface area contributed by atoms with Crippen molar-refractivity contribution in [3.05, 3.63) is 0 Å². The highest BCUT2D eigenvalue weighted by atomic mass is 32.2. The van der Waals surface area contributed by atoms with Crippen LogP contribution in [0.2, 0.25) is 0 Å². The molecule has 1 aliphatic heterocycles. The zero-order chi connectivity index (χ0) is 13.6. The van der Waals surface area contributed by atoms with Crippen molar-refractivity contribution in [2.75, 3.05) is 25.4 Å². The molecule has 5 nitrogen and oxygen atoms in total. The van der Waals surface area contributed by atoms with Gasteiger partial charge in [-0.05, 0) is 32.2 Å². The molecule has 1 saturated heterocycles. The van der Waals surface area contributed by atoms with E-state index in [1.54, 1.807) is 4.90 Å². The summed E-state index contributed by atoms with van der Waals surface area (Å²) in [5, 5.41) is -0.810. The normalized spacial score (nSPS) is 22.7. The smallest absolute Gasteiger partial charge is 0.240 e. The molecule has 18 heavy (non-hydrogen) atoms. The number of hydrogen-bond donors (Lipinski definition) is 1. The fraction of sp³-hybridized carbons (Fsp3) is 0.917. The molecule has 0 aromatic carbocycles. The first-order valence-corrected chi connectivity index (χ1v) is 8.45. The summed E-state index contributed by atoms with van der Waals surface area (Å²) in [4.78, 5) is 14.0. The average Bonchev–Trinajstić information content (AvgIpc) is 2.33. The molecule has 0 saturated carbocycles. The minimum absolute atomic E-state index is 0.153. The standard InChI is InChI=1S/C12H24N2O3S/c1-2-8-14(9-5-7-13)12(15)11-6-3-4-10-18(11,16)17/h11H,2-10,13H2,1H3. The molecule has 106 valence electrons. The molecule has 0 aliphatic carbocycles. The fourth-order valence-electron chi connectivity index (χ4n) is 2.32. The minimum atomic E-state index is -3.23. The number of hydrogen-bond acceptors (Lipinski definition) is 4. The van der Waals surface area contributed by atoms with Gasteiger partial charge in [-0.25, -0.2) is 8.42 Å². The molecule has 1 atom stereocenters. The number of nitrogens with zero attached hydrogens (tertiary/aromatic N) is 1. The average molecular weight is 276 g/mol. The Hall–Kier alpha value is -0.620. The van der Waals surface area contributed by atoms with E-state index in [4.69, 9.17) is 5.73 Å². The molecule has 1 fully saturated rings. The molecule has 1 heterocycles. The van der Waals surface area contributed by atoms with Gasteiger partial charge < -0.3 is 10.6 Å². The van der Waals surface area contributed by atoms with Crippen LogP contribution in [0.1, 0.15) is 39.0 Å². The third-order valence-corrected chi connectivity index (χ3v) is 5.45. The first kappa shape index (κ1) is 15.4. The second kappa shape index (κ2) is 7.09. The van der Waals surface area contributed by atoms with Gasteiger partial charge in [-0.15, -0.1) is 0 Å². The van der Waals surface area contributed by atoms with Crippen LogP contribution >= 0.6 is 0 Å². The predicted octanol–water partition coefficient (Wildman–Crippen LogP) is 0.541. The third-order valence-electron chi connectivity index (χ3n) is 3.29. The highest BCUT2D eigenvalue weighted by Gasteiger charge is 2.36. The molecule has 0 bridgehead atoms. The van der Waals surface area contributed by atoms with Gasteiger partial charge in [-0.1, -0.05) is 13.3 Å². The second-order valence-electron chi connectivity index (χ2n) is 4.82. The van der Waals surface area contributed by atoms with Crippen LogP contribution in [0.25, 0.3) is 0 Å². The van der Waals surface area contributed by atoms with E-state index in [-0.39, 0.29) is 11.7 Å². The van der Waals surface area contributed by atoms with Gasteiger partial charge in [-0.3, -0.25) is 4.79 Å². The Labute approximate surface area is 110 Å². The number of carbonyl (C=O) groups excluding carboxylic acids is 1. The quantitative estimate of drug-likeness (QED) is 0.768. The van der Waals surface area contributed by atoms with Crippen molar-refractivity contribution >= 4 is 15.7 Å². The van der Waals surface area contributed by atoms with Crippen LogP contribution < -0.4 is 5.73 Å². The maximum absolute atomic E-state index is 12.3. The fourth-order valence-corrected chi connectivity index (χ4v) is 4.19. The van der Waals surface area contributed by atoms with E-state index in [9.17, 15) is 13.2 Å². The molecule has 2 N–H and O–H groups in total. The van der Waals surface area contributed by atoms with Crippen molar-refractivity contribution in [1.82, 2.24) is 4.90 Å². The van der Waals surface area contributed by atoms with Gasteiger partial charge in [0.1, 0.15) is 5.25 Å². The van der Waals surface area contributed by atoms with Crippen LogP contribution in [-0.2, 0) is 14.6 Å². The van der Waals surface area contributed by atoms with Crippen molar-refractivity contribution < 1.29 is 13.2 Å². The Balaban J connectivity index is 2.74. The Morgan fingerprint density at radius 1 is 1.33 bits per heavy atom. The van der Waals surface area contributed by atoms with E-state index in [0.717, 1.165) is 19.3 Å². The minimum Gasteiger partial charge on any atom is -0.342 e. The van der Waals surface area contributed by atoms with Gasteiger partial charge in [0.05, 0.1) is 5.75 Å². The molecule has 6 heteroatoms. The first-order chi connectivity index (χ1) is 8.53. The molecule has 1 unspecified atom stereocenters. The number of amides is 1. The summed E-state index contributed by atoms with van der Waals surface area (Å²) >= 11 is 0. The van der Waals surface area contributed by atoms with E-state index >= 15 is 0 Å². The van der Waals surface area contributed by atoms with Crippen molar-refractivity contribution in [1.29, 1.82) is 0 Å². The van der Waals surface area contributed by atoms with Crippen LogP contribution in [0, 0.1) is 0 Å². The van der Waals surface area contributed by atoms with Crippen LogP contribution in [-0.4, -0.2) is 49.9 Å². The van der Waals surface area contributed by atoms with Crippen molar-refractivity contribution in [3.8, 4) is 0 Å². The summed E-state index contributed by atoms with van der Waals surface area (Å²) in [6.45, 7) is 3.68. The van der Waals surface area contributed by atoms with Gasteiger partial charge in [0.2, 0.25) is 5.91 Å². The van der Waals surface area contributed by atoms with Crippen molar-refractivity contribution in [2.24, 2.45) is 5.73 Å². The molecule has 0 aromatic rings. The molecule has 1 aliphatic rings.